The minimum Gasteiger partial charge on any atom is -0.429 e. The highest BCUT2D eigenvalue weighted by Gasteiger charge is 2.62. The summed E-state index contributed by atoms with van der Waals surface area (Å²) in [6, 6.07) is 13.3. The molecule has 3 saturated carbocycles. The molecule has 0 radical (unpaired) electrons. The average Bonchev–Trinajstić information content (AvgIpc) is 3.40. The number of hydrogen-bond donors (Lipinski definition) is 3. The highest BCUT2D eigenvalue weighted by atomic mass is 16.7. The van der Waals surface area contributed by atoms with Gasteiger partial charge in [-0.15, -0.1) is 0 Å². The van der Waals surface area contributed by atoms with Gasteiger partial charge in [-0.25, -0.2) is 9.59 Å². The summed E-state index contributed by atoms with van der Waals surface area (Å²) < 4.78 is 12.2. The fraction of sp³-hybridized carbons (Fsp3) is 0.610. The number of nitrogen functional groups attached to an aromatic ring is 2. The Morgan fingerprint density at radius 2 is 1.46 bits per heavy atom. The number of carbonyl (C=O) groups is 2. The van der Waals surface area contributed by atoms with Crippen molar-refractivity contribution in [1.82, 2.24) is 0 Å². The molecule has 2 aromatic rings. The van der Waals surface area contributed by atoms with E-state index in [0.717, 1.165) is 17.9 Å². The Labute approximate surface area is 286 Å². The van der Waals surface area contributed by atoms with Crippen LogP contribution in [-0.4, -0.2) is 22.8 Å². The van der Waals surface area contributed by atoms with Gasteiger partial charge in [-0.1, -0.05) is 53.9 Å². The molecular weight excluding hydrogens is 600 g/mol. The first-order valence-electron chi connectivity index (χ1n) is 18.3. The summed E-state index contributed by atoms with van der Waals surface area (Å²) in [6.07, 6.45) is 10.4. The van der Waals surface area contributed by atoms with E-state index in [9.17, 15) is 14.7 Å². The largest absolute Gasteiger partial charge is 0.429 e. The van der Waals surface area contributed by atoms with Gasteiger partial charge in [0.15, 0.2) is 0 Å². The van der Waals surface area contributed by atoms with Gasteiger partial charge in [-0.3, -0.25) is 0 Å². The van der Waals surface area contributed by atoms with Gasteiger partial charge in [0.05, 0.1) is 11.1 Å². The zero-order valence-electron chi connectivity index (χ0n) is 29.6. The second kappa shape index (κ2) is 13.2. The van der Waals surface area contributed by atoms with Gasteiger partial charge >= 0.3 is 11.9 Å². The third kappa shape index (κ3) is 6.51. The molecule has 260 valence electrons. The summed E-state index contributed by atoms with van der Waals surface area (Å²) in [7, 11) is 0. The van der Waals surface area contributed by atoms with Gasteiger partial charge in [0.25, 0.3) is 0 Å². The maximum absolute atomic E-state index is 13.6. The number of allylic oxidation sites excluding steroid dienone is 1. The first-order valence-corrected chi connectivity index (χ1v) is 18.3. The Kier molecular flexibility index (Phi) is 9.49. The van der Waals surface area contributed by atoms with Crippen LogP contribution < -0.4 is 11.5 Å². The van der Waals surface area contributed by atoms with Crippen LogP contribution in [0.25, 0.3) is 0 Å². The predicted octanol–water partition coefficient (Wildman–Crippen LogP) is 8.92. The fourth-order valence-electron chi connectivity index (χ4n) is 10.6. The summed E-state index contributed by atoms with van der Waals surface area (Å²) in [6.45, 7) is 12.0. The third-order valence-corrected chi connectivity index (χ3v) is 13.2. The summed E-state index contributed by atoms with van der Waals surface area (Å²) in [5.41, 5.74) is 14.5. The number of anilines is 2. The van der Waals surface area contributed by atoms with Crippen molar-refractivity contribution in [3.8, 4) is 0 Å². The van der Waals surface area contributed by atoms with Crippen molar-refractivity contribution in [1.29, 1.82) is 0 Å². The number of nitrogens with two attached hydrogens (primary N) is 2. The lowest BCUT2D eigenvalue weighted by molar-refractivity contribution is -0.193. The smallest absolute Gasteiger partial charge is 0.343 e. The van der Waals surface area contributed by atoms with Crippen molar-refractivity contribution >= 4 is 23.3 Å². The molecule has 0 spiro atoms. The Balaban J connectivity index is 1.30. The monoisotopic (exact) mass is 656 g/mol. The molecule has 4 aliphatic rings. The molecule has 0 aliphatic heterocycles. The topological polar surface area (TPSA) is 125 Å². The van der Waals surface area contributed by atoms with E-state index in [-0.39, 0.29) is 17.3 Å². The second-order valence-corrected chi connectivity index (χ2v) is 16.6. The van der Waals surface area contributed by atoms with Crippen molar-refractivity contribution in [2.45, 2.75) is 111 Å². The van der Waals surface area contributed by atoms with Gasteiger partial charge in [-0.05, 0) is 133 Å². The Bertz CT molecular complexity index is 1530. The lowest BCUT2D eigenvalue weighted by Crippen LogP contribution is -2.54. The number of hydrogen-bond acceptors (Lipinski definition) is 7. The summed E-state index contributed by atoms with van der Waals surface area (Å²) in [5.74, 6) is 1.44. The van der Waals surface area contributed by atoms with Gasteiger partial charge in [0.1, 0.15) is 5.76 Å². The quantitative estimate of drug-likeness (QED) is 0.140. The molecule has 48 heavy (non-hydrogen) atoms. The van der Waals surface area contributed by atoms with Crippen LogP contribution in [0.4, 0.5) is 11.4 Å². The Hall–Kier alpha value is -3.32. The molecule has 0 amide bonds. The number of aliphatic hydroxyl groups is 1. The molecule has 0 bridgehead atoms. The van der Waals surface area contributed by atoms with Crippen molar-refractivity contribution in [2.24, 2.45) is 46.3 Å². The fourth-order valence-corrected chi connectivity index (χ4v) is 10.6. The number of fused-ring (bicyclic) bond motifs is 5. The van der Waals surface area contributed by atoms with Crippen LogP contribution in [0.5, 0.6) is 0 Å². The van der Waals surface area contributed by atoms with Crippen molar-refractivity contribution in [3.05, 3.63) is 71.0 Å². The number of carbonyl (C=O) groups excluding carboxylic acids is 2. The van der Waals surface area contributed by atoms with Crippen molar-refractivity contribution < 1.29 is 24.2 Å². The van der Waals surface area contributed by atoms with E-state index < -0.39 is 17.7 Å². The predicted molar refractivity (Wildman–Crippen MR) is 189 cm³/mol. The van der Waals surface area contributed by atoms with E-state index >= 15 is 0 Å². The molecule has 0 aromatic heterocycles. The zero-order chi connectivity index (χ0) is 34.4. The maximum atomic E-state index is 13.6. The number of benzene rings is 2. The average molecular weight is 657 g/mol. The van der Waals surface area contributed by atoms with Gasteiger partial charge in [-0.2, -0.15) is 0 Å². The first kappa shape index (κ1) is 34.5. The Morgan fingerprint density at radius 3 is 2.08 bits per heavy atom. The molecule has 7 heteroatoms. The highest BCUT2D eigenvalue weighted by Crippen LogP contribution is 2.69. The van der Waals surface area contributed by atoms with Crippen LogP contribution in [0.1, 0.15) is 126 Å². The number of esters is 2. The standard InChI is InChI=1S/C41H56N2O5/c1-25(2)7-6-8-26(3)32-17-18-33-31-23-36(47-37(44)27-9-13-29(42)14-10-27)35-24-41(46,48-38(45)28-11-15-30(43)16-12-28)22-21-40(35,5)34(31)19-20-39(32,33)4/h9-16,25-26,31-34,46H,6-8,17-24,42-43H2,1-5H3/t26-,31+,32-,33+,34+,39-,40-,41-/m1/s1. The van der Waals surface area contributed by atoms with Gasteiger partial charge in [0, 0.05) is 30.6 Å². The maximum Gasteiger partial charge on any atom is 0.343 e. The zero-order valence-corrected chi connectivity index (χ0v) is 29.6. The van der Waals surface area contributed by atoms with E-state index in [0.29, 0.717) is 77.1 Å². The van der Waals surface area contributed by atoms with Crippen molar-refractivity contribution in [3.63, 3.8) is 0 Å². The molecule has 8 atom stereocenters. The third-order valence-electron chi connectivity index (χ3n) is 13.2. The van der Waals surface area contributed by atoms with E-state index in [1.54, 1.807) is 48.5 Å². The van der Waals surface area contributed by atoms with Crippen molar-refractivity contribution in [2.75, 3.05) is 11.5 Å². The summed E-state index contributed by atoms with van der Waals surface area (Å²) >= 11 is 0. The van der Waals surface area contributed by atoms with E-state index in [1.165, 1.54) is 38.5 Å². The minimum atomic E-state index is -1.70. The Morgan fingerprint density at radius 1 is 0.833 bits per heavy atom. The first-order chi connectivity index (χ1) is 22.7. The molecular formula is C41H56N2O5. The molecule has 6 rings (SSSR count). The van der Waals surface area contributed by atoms with Crippen LogP contribution in [0.2, 0.25) is 0 Å². The molecule has 4 aliphatic carbocycles. The van der Waals surface area contributed by atoms with E-state index in [2.05, 4.69) is 34.6 Å². The molecule has 7 nitrogen and oxygen atoms in total. The van der Waals surface area contributed by atoms with Gasteiger partial charge in [0.2, 0.25) is 5.79 Å². The van der Waals surface area contributed by atoms with Gasteiger partial charge < -0.3 is 26.0 Å². The molecule has 5 N–H and O–H groups in total. The normalized spacial score (nSPS) is 33.4. The molecule has 0 heterocycles. The molecule has 0 saturated heterocycles. The van der Waals surface area contributed by atoms with Crippen LogP contribution in [0.3, 0.4) is 0 Å². The SMILES string of the molecule is CC(C)CCC[C@@H](C)[C@H]1CC[C@H]2[C@@H]3CC(OC(=O)c4ccc(N)cc4)=C4C[C@](O)(OC(=O)c5ccc(N)cc5)CC[C@]4(C)[C@H]3CC[C@]12C. The van der Waals surface area contributed by atoms with E-state index in [4.69, 9.17) is 20.9 Å². The second-order valence-electron chi connectivity index (χ2n) is 16.6. The van der Waals surface area contributed by atoms with Crippen LogP contribution in [0.15, 0.2) is 59.9 Å². The molecule has 2 aromatic carbocycles. The lowest BCUT2D eigenvalue weighted by atomic mass is 9.46. The number of ether oxygens (including phenoxy) is 2. The van der Waals surface area contributed by atoms with E-state index in [1.807, 2.05) is 0 Å². The minimum absolute atomic E-state index is 0.120. The molecule has 0 unspecified atom stereocenters. The summed E-state index contributed by atoms with van der Waals surface area (Å²) in [4.78, 5) is 26.8. The van der Waals surface area contributed by atoms with Crippen LogP contribution in [0, 0.1) is 46.3 Å². The lowest BCUT2D eigenvalue weighted by Gasteiger charge is -2.59. The summed E-state index contributed by atoms with van der Waals surface area (Å²) in [5, 5.41) is 11.8. The van der Waals surface area contributed by atoms with Crippen LogP contribution >= 0.6 is 0 Å². The van der Waals surface area contributed by atoms with Crippen LogP contribution in [-0.2, 0) is 9.47 Å². The molecule has 3 fully saturated rings. The highest BCUT2D eigenvalue weighted by molar-refractivity contribution is 5.91. The number of rotatable bonds is 9.